The van der Waals surface area contributed by atoms with Crippen LogP contribution in [0.2, 0.25) is 0 Å². The van der Waals surface area contributed by atoms with E-state index in [2.05, 4.69) is 14.9 Å². The number of likely N-dealkylation sites (N-methyl/N-ethyl adjacent to an activating group) is 1. The molecule has 132 valence electrons. The van der Waals surface area contributed by atoms with Crippen LogP contribution >= 0.6 is 0 Å². The topological polar surface area (TPSA) is 49.3 Å². The van der Waals surface area contributed by atoms with E-state index < -0.39 is 0 Å². The molecule has 1 fully saturated rings. The number of amides is 1. The van der Waals surface area contributed by atoms with E-state index in [4.69, 9.17) is 0 Å². The Morgan fingerprint density at radius 2 is 2.12 bits per heavy atom. The summed E-state index contributed by atoms with van der Waals surface area (Å²) in [4.78, 5) is 24.8. The van der Waals surface area contributed by atoms with Crippen molar-refractivity contribution in [2.75, 3.05) is 33.7 Å². The minimum atomic E-state index is -0.282. The average molecular weight is 342 g/mol. The van der Waals surface area contributed by atoms with E-state index in [1.807, 2.05) is 6.07 Å². The van der Waals surface area contributed by atoms with Gasteiger partial charge in [0, 0.05) is 44.5 Å². The second kappa shape index (κ2) is 7.70. The maximum absolute atomic E-state index is 13.6. The Hall–Kier alpha value is -2.34. The predicted octanol–water partition coefficient (Wildman–Crippen LogP) is 2.55. The zero-order valence-corrected chi connectivity index (χ0v) is 14.7. The second-order valence-electron chi connectivity index (χ2n) is 6.66. The van der Waals surface area contributed by atoms with Crippen LogP contribution < -0.4 is 0 Å². The van der Waals surface area contributed by atoms with Crippen molar-refractivity contribution in [3.05, 3.63) is 48.2 Å². The van der Waals surface area contributed by atoms with Gasteiger partial charge in [0.05, 0.1) is 17.9 Å². The van der Waals surface area contributed by atoms with Gasteiger partial charge in [-0.25, -0.2) is 4.39 Å². The quantitative estimate of drug-likeness (QED) is 0.857. The van der Waals surface area contributed by atoms with Gasteiger partial charge in [-0.05, 0) is 31.5 Å². The van der Waals surface area contributed by atoms with Crippen LogP contribution in [0.3, 0.4) is 0 Å². The second-order valence-corrected chi connectivity index (χ2v) is 6.66. The number of benzene rings is 1. The molecule has 1 amide bonds. The first-order valence-corrected chi connectivity index (χ1v) is 8.54. The standard InChI is InChI=1S/C19H23FN4O/c1-23(2)17(25)13-24-10-4-6-15(12-24)19-18(21-8-9-22-19)14-5-3-7-16(20)11-14/h3,5,7-9,11,15H,4,6,10,12-13H2,1-2H3/t15-/m0/s1. The first-order valence-electron chi connectivity index (χ1n) is 8.54. The van der Waals surface area contributed by atoms with Gasteiger partial charge in [0.15, 0.2) is 0 Å². The van der Waals surface area contributed by atoms with Crippen molar-refractivity contribution in [1.82, 2.24) is 19.8 Å². The van der Waals surface area contributed by atoms with Crippen molar-refractivity contribution in [2.24, 2.45) is 0 Å². The molecule has 3 rings (SSSR count). The summed E-state index contributed by atoms with van der Waals surface area (Å²) < 4.78 is 13.6. The molecule has 6 heteroatoms. The number of rotatable bonds is 4. The number of aromatic nitrogens is 2. The molecule has 1 atom stereocenters. The van der Waals surface area contributed by atoms with E-state index in [0.29, 0.717) is 6.54 Å². The zero-order valence-electron chi connectivity index (χ0n) is 14.7. The first-order chi connectivity index (χ1) is 12.0. The van der Waals surface area contributed by atoms with Crippen LogP contribution in [-0.4, -0.2) is 59.4 Å². The van der Waals surface area contributed by atoms with Gasteiger partial charge >= 0.3 is 0 Å². The van der Waals surface area contributed by atoms with Crippen molar-refractivity contribution >= 4 is 5.91 Å². The summed E-state index contributed by atoms with van der Waals surface area (Å²) in [5.41, 5.74) is 2.35. The largest absolute Gasteiger partial charge is 0.348 e. The van der Waals surface area contributed by atoms with Crippen molar-refractivity contribution in [2.45, 2.75) is 18.8 Å². The monoisotopic (exact) mass is 342 g/mol. The van der Waals surface area contributed by atoms with E-state index >= 15 is 0 Å². The summed E-state index contributed by atoms with van der Waals surface area (Å²) >= 11 is 0. The predicted molar refractivity (Wildman–Crippen MR) is 94.5 cm³/mol. The fourth-order valence-corrected chi connectivity index (χ4v) is 3.26. The summed E-state index contributed by atoms with van der Waals surface area (Å²) in [6.45, 7) is 2.09. The van der Waals surface area contributed by atoms with E-state index in [1.54, 1.807) is 37.5 Å². The first kappa shape index (κ1) is 17.5. The van der Waals surface area contributed by atoms with E-state index in [1.165, 1.54) is 12.1 Å². The van der Waals surface area contributed by atoms with Crippen LogP contribution in [0.25, 0.3) is 11.3 Å². The Balaban J connectivity index is 1.83. The molecular formula is C19H23FN4O. The molecule has 1 aliphatic heterocycles. The van der Waals surface area contributed by atoms with Crippen molar-refractivity contribution in [3.8, 4) is 11.3 Å². The van der Waals surface area contributed by atoms with Gasteiger partial charge in [-0.3, -0.25) is 19.7 Å². The number of carbonyl (C=O) groups excluding carboxylic acids is 1. The summed E-state index contributed by atoms with van der Waals surface area (Å²) in [6.07, 6.45) is 5.32. The van der Waals surface area contributed by atoms with Crippen molar-refractivity contribution < 1.29 is 9.18 Å². The Bertz CT molecular complexity index is 750. The summed E-state index contributed by atoms with van der Waals surface area (Å²) in [7, 11) is 3.54. The number of carbonyl (C=O) groups is 1. The molecule has 1 aromatic carbocycles. The molecule has 0 saturated carbocycles. The van der Waals surface area contributed by atoms with Crippen LogP contribution in [-0.2, 0) is 4.79 Å². The van der Waals surface area contributed by atoms with Crippen LogP contribution in [0.1, 0.15) is 24.5 Å². The fraction of sp³-hybridized carbons (Fsp3) is 0.421. The zero-order chi connectivity index (χ0) is 17.8. The lowest BCUT2D eigenvalue weighted by atomic mass is 9.91. The van der Waals surface area contributed by atoms with Gasteiger partial charge in [0.1, 0.15) is 5.82 Å². The molecular weight excluding hydrogens is 319 g/mol. The highest BCUT2D eigenvalue weighted by molar-refractivity contribution is 5.77. The van der Waals surface area contributed by atoms with Gasteiger partial charge in [-0.2, -0.15) is 0 Å². The molecule has 0 N–H and O–H groups in total. The maximum atomic E-state index is 13.6. The molecule has 0 spiro atoms. The minimum Gasteiger partial charge on any atom is -0.348 e. The molecule has 1 saturated heterocycles. The molecule has 1 aliphatic rings. The van der Waals surface area contributed by atoms with Gasteiger partial charge in [0.2, 0.25) is 5.91 Å². The van der Waals surface area contributed by atoms with Crippen LogP contribution in [0.4, 0.5) is 4.39 Å². The van der Waals surface area contributed by atoms with Gasteiger partial charge in [0.25, 0.3) is 0 Å². The van der Waals surface area contributed by atoms with E-state index in [-0.39, 0.29) is 17.6 Å². The van der Waals surface area contributed by atoms with Gasteiger partial charge < -0.3 is 4.90 Å². The van der Waals surface area contributed by atoms with Crippen LogP contribution in [0.5, 0.6) is 0 Å². The number of hydrogen-bond donors (Lipinski definition) is 0. The summed E-state index contributed by atoms with van der Waals surface area (Å²) in [5.74, 6) is 0.0109. The number of likely N-dealkylation sites (tertiary alicyclic amines) is 1. The fourth-order valence-electron chi connectivity index (χ4n) is 3.26. The van der Waals surface area contributed by atoms with E-state index in [0.717, 1.165) is 42.9 Å². The number of piperidine rings is 1. The highest BCUT2D eigenvalue weighted by Crippen LogP contribution is 2.31. The van der Waals surface area contributed by atoms with Crippen LogP contribution in [0, 0.1) is 5.82 Å². The Morgan fingerprint density at radius 3 is 2.88 bits per heavy atom. The van der Waals surface area contributed by atoms with Crippen LogP contribution in [0.15, 0.2) is 36.7 Å². The Morgan fingerprint density at radius 1 is 1.32 bits per heavy atom. The molecule has 0 radical (unpaired) electrons. The lowest BCUT2D eigenvalue weighted by molar-refractivity contribution is -0.130. The molecule has 0 unspecified atom stereocenters. The molecule has 0 bridgehead atoms. The third kappa shape index (κ3) is 4.20. The molecule has 0 aliphatic carbocycles. The SMILES string of the molecule is CN(C)C(=O)CN1CCC[C@H](c2nccnc2-c2cccc(F)c2)C1. The maximum Gasteiger partial charge on any atom is 0.236 e. The number of nitrogens with zero attached hydrogens (tertiary/aromatic N) is 4. The third-order valence-corrected chi connectivity index (χ3v) is 4.57. The third-order valence-electron chi connectivity index (χ3n) is 4.57. The smallest absolute Gasteiger partial charge is 0.236 e. The minimum absolute atomic E-state index is 0.102. The summed E-state index contributed by atoms with van der Waals surface area (Å²) in [6, 6.07) is 6.46. The number of hydrogen-bond acceptors (Lipinski definition) is 4. The Labute approximate surface area is 147 Å². The molecule has 25 heavy (non-hydrogen) atoms. The highest BCUT2D eigenvalue weighted by atomic mass is 19.1. The van der Waals surface area contributed by atoms with Gasteiger partial charge in [-0.1, -0.05) is 12.1 Å². The van der Waals surface area contributed by atoms with E-state index in [9.17, 15) is 9.18 Å². The lowest BCUT2D eigenvalue weighted by Crippen LogP contribution is -2.41. The molecule has 2 aromatic rings. The average Bonchev–Trinajstić information content (AvgIpc) is 2.62. The van der Waals surface area contributed by atoms with Gasteiger partial charge in [-0.15, -0.1) is 0 Å². The number of halogens is 1. The molecule has 5 nitrogen and oxygen atoms in total. The lowest BCUT2D eigenvalue weighted by Gasteiger charge is -2.33. The van der Waals surface area contributed by atoms with Crippen molar-refractivity contribution in [3.63, 3.8) is 0 Å². The molecule has 2 heterocycles. The highest BCUT2D eigenvalue weighted by Gasteiger charge is 2.26. The van der Waals surface area contributed by atoms with Crippen molar-refractivity contribution in [1.29, 1.82) is 0 Å². The molecule has 1 aromatic heterocycles. The summed E-state index contributed by atoms with van der Waals surface area (Å²) in [5, 5.41) is 0. The normalized spacial score (nSPS) is 18.1. The Kier molecular flexibility index (Phi) is 5.38.